The molecule has 8 nitrogen and oxygen atoms in total. The Hall–Kier alpha value is -3.62. The molecule has 8 heteroatoms. The first-order chi connectivity index (χ1) is 18.2. The number of fused-ring (bicyclic) bond motifs is 5. The van der Waals surface area contributed by atoms with Crippen molar-refractivity contribution >= 4 is 16.9 Å². The van der Waals surface area contributed by atoms with Gasteiger partial charge in [-0.05, 0) is 42.2 Å². The fourth-order valence-electron chi connectivity index (χ4n) is 6.32. The summed E-state index contributed by atoms with van der Waals surface area (Å²) in [7, 11) is 3.18. The summed E-state index contributed by atoms with van der Waals surface area (Å²) in [6.45, 7) is 0.852. The highest BCUT2D eigenvalue weighted by Crippen LogP contribution is 2.49. The van der Waals surface area contributed by atoms with Crippen LogP contribution in [0.25, 0.3) is 10.9 Å². The van der Waals surface area contributed by atoms with E-state index in [-0.39, 0.29) is 30.1 Å². The number of piperidine rings is 1. The first-order valence-corrected chi connectivity index (χ1v) is 13.0. The van der Waals surface area contributed by atoms with Gasteiger partial charge in [-0.1, -0.05) is 30.3 Å². The Morgan fingerprint density at radius 2 is 2.00 bits per heavy atom. The molecule has 4 heterocycles. The first-order valence-electron chi connectivity index (χ1n) is 13.0. The molecule has 0 saturated carbocycles. The summed E-state index contributed by atoms with van der Waals surface area (Å²) >= 11 is 0. The summed E-state index contributed by atoms with van der Waals surface area (Å²) < 4.78 is 10.9. The number of carbonyl (C=O) groups excluding carboxylic acids is 1. The lowest BCUT2D eigenvalue weighted by Gasteiger charge is -2.50. The van der Waals surface area contributed by atoms with Gasteiger partial charge in [0.05, 0.1) is 26.6 Å². The Labute approximate surface area is 216 Å². The van der Waals surface area contributed by atoms with E-state index >= 15 is 0 Å². The minimum atomic E-state index is -0.358. The van der Waals surface area contributed by atoms with Crippen molar-refractivity contribution in [2.45, 2.75) is 49.9 Å². The van der Waals surface area contributed by atoms with E-state index in [2.05, 4.69) is 61.6 Å². The zero-order valence-corrected chi connectivity index (χ0v) is 21.2. The van der Waals surface area contributed by atoms with Crippen molar-refractivity contribution in [3.8, 4) is 5.75 Å². The van der Waals surface area contributed by atoms with Gasteiger partial charge in [-0.25, -0.2) is 4.98 Å². The van der Waals surface area contributed by atoms with Crippen LogP contribution in [0.1, 0.15) is 47.4 Å². The van der Waals surface area contributed by atoms with Gasteiger partial charge in [-0.3, -0.25) is 9.69 Å². The van der Waals surface area contributed by atoms with Gasteiger partial charge in [0.15, 0.2) is 0 Å². The number of aromatic nitrogens is 3. The number of ether oxygens (including phenoxy) is 2. The van der Waals surface area contributed by atoms with Crippen LogP contribution >= 0.6 is 0 Å². The van der Waals surface area contributed by atoms with E-state index in [9.17, 15) is 4.79 Å². The molecule has 37 heavy (non-hydrogen) atoms. The van der Waals surface area contributed by atoms with Crippen molar-refractivity contribution in [1.29, 1.82) is 0 Å². The van der Waals surface area contributed by atoms with Crippen LogP contribution in [-0.4, -0.2) is 58.7 Å². The maximum absolute atomic E-state index is 13.3. The summed E-state index contributed by atoms with van der Waals surface area (Å²) in [6.07, 6.45) is 6.89. The number of H-pyrrole nitrogens is 2. The molecule has 2 aliphatic rings. The number of methoxy groups -OCH3 is 2. The summed E-state index contributed by atoms with van der Waals surface area (Å²) in [5.74, 6) is 0.640. The van der Waals surface area contributed by atoms with E-state index < -0.39 is 0 Å². The first kappa shape index (κ1) is 23.8. The average molecular weight is 500 g/mol. The van der Waals surface area contributed by atoms with E-state index in [1.165, 1.54) is 23.8 Å². The number of aromatic amines is 2. The second-order valence-corrected chi connectivity index (χ2v) is 10.0. The molecule has 6 rings (SSSR count). The molecule has 0 aliphatic carbocycles. The molecule has 0 radical (unpaired) electrons. The molecule has 0 amide bonds. The van der Waals surface area contributed by atoms with Crippen molar-refractivity contribution < 1.29 is 14.3 Å². The van der Waals surface area contributed by atoms with Gasteiger partial charge in [0, 0.05) is 60.0 Å². The number of nitrogens with zero attached hydrogens (tertiary/aromatic N) is 2. The van der Waals surface area contributed by atoms with Crippen LogP contribution in [0.3, 0.4) is 0 Å². The summed E-state index contributed by atoms with van der Waals surface area (Å²) in [5.41, 5.74) is 5.84. The number of imidazole rings is 1. The zero-order valence-electron chi connectivity index (χ0n) is 21.2. The minimum absolute atomic E-state index is 0.0298. The topological polar surface area (TPSA) is 95.3 Å². The van der Waals surface area contributed by atoms with Crippen LogP contribution in [0, 0.1) is 0 Å². The number of rotatable bonds is 7. The van der Waals surface area contributed by atoms with E-state index in [1.54, 1.807) is 13.4 Å². The average Bonchev–Trinajstić information content (AvgIpc) is 3.60. The number of carbonyl (C=O) groups is 1. The fraction of sp³-hybridized carbons (Fsp3) is 0.379. The normalized spacial score (nSPS) is 23.4. The van der Waals surface area contributed by atoms with Crippen LogP contribution in [0.15, 0.2) is 61.1 Å². The third-order valence-corrected chi connectivity index (χ3v) is 8.01. The number of benzene rings is 2. The second-order valence-electron chi connectivity index (χ2n) is 10.0. The fourth-order valence-corrected chi connectivity index (χ4v) is 6.32. The molecule has 0 unspecified atom stereocenters. The molecule has 2 aliphatic heterocycles. The number of nitrogens with one attached hydrogen (secondary N) is 3. The van der Waals surface area contributed by atoms with Crippen molar-refractivity contribution in [3.05, 3.63) is 83.6 Å². The lowest BCUT2D eigenvalue weighted by molar-refractivity contribution is -0.152. The smallest absolute Gasteiger partial charge is 0.323 e. The van der Waals surface area contributed by atoms with Crippen molar-refractivity contribution in [3.63, 3.8) is 0 Å². The van der Waals surface area contributed by atoms with Crippen LogP contribution in [0.2, 0.25) is 0 Å². The highest BCUT2D eigenvalue weighted by atomic mass is 16.5. The summed E-state index contributed by atoms with van der Waals surface area (Å²) in [4.78, 5) is 26.7. The van der Waals surface area contributed by atoms with Crippen molar-refractivity contribution in [2.75, 3.05) is 20.8 Å². The van der Waals surface area contributed by atoms with Gasteiger partial charge >= 0.3 is 5.97 Å². The third kappa shape index (κ3) is 4.40. The molecular weight excluding hydrogens is 466 g/mol. The quantitative estimate of drug-likeness (QED) is 0.332. The third-order valence-electron chi connectivity index (χ3n) is 8.01. The molecule has 1 fully saturated rings. The Morgan fingerprint density at radius 1 is 1.14 bits per heavy atom. The Morgan fingerprint density at radius 3 is 2.81 bits per heavy atom. The van der Waals surface area contributed by atoms with Gasteiger partial charge in [-0.15, -0.1) is 0 Å². The van der Waals surface area contributed by atoms with Gasteiger partial charge in [0.2, 0.25) is 0 Å². The number of hydrogen-bond acceptors (Lipinski definition) is 6. The van der Waals surface area contributed by atoms with Crippen LogP contribution < -0.4 is 10.1 Å². The highest BCUT2D eigenvalue weighted by molar-refractivity contribution is 5.87. The number of para-hydroxylation sites is 1. The van der Waals surface area contributed by atoms with Gasteiger partial charge in [0.1, 0.15) is 11.8 Å². The second kappa shape index (κ2) is 10.0. The molecule has 0 spiro atoms. The number of hydrogen-bond donors (Lipinski definition) is 3. The molecule has 1 saturated heterocycles. The SMILES string of the molecule is COC(=O)[C@@H]1Cc2c([nH]c3ccccc23)[C@H]2C[C@H](NCCc3cnc[nH]3)C[C@@H](c3cccc(OC)c3)N21. The van der Waals surface area contributed by atoms with E-state index in [4.69, 9.17) is 9.47 Å². The molecule has 3 N–H and O–H groups in total. The van der Waals surface area contributed by atoms with Crippen LogP contribution in [-0.2, 0) is 22.4 Å². The van der Waals surface area contributed by atoms with E-state index in [0.717, 1.165) is 48.3 Å². The molecule has 0 bridgehead atoms. The Bertz CT molecular complexity index is 1380. The molecule has 4 aromatic rings. The lowest BCUT2D eigenvalue weighted by atomic mass is 9.79. The van der Waals surface area contributed by atoms with Crippen molar-refractivity contribution in [2.24, 2.45) is 0 Å². The Kier molecular flexibility index (Phi) is 6.44. The van der Waals surface area contributed by atoms with Gasteiger partial charge < -0.3 is 24.8 Å². The lowest BCUT2D eigenvalue weighted by Crippen LogP contribution is -2.55. The predicted octanol–water partition coefficient (Wildman–Crippen LogP) is 4.08. The summed E-state index contributed by atoms with van der Waals surface area (Å²) in [6, 6.07) is 16.6. The summed E-state index contributed by atoms with van der Waals surface area (Å²) in [5, 5.41) is 5.00. The maximum Gasteiger partial charge on any atom is 0.323 e. The van der Waals surface area contributed by atoms with Crippen LogP contribution in [0.5, 0.6) is 5.75 Å². The van der Waals surface area contributed by atoms with Gasteiger partial charge in [-0.2, -0.15) is 0 Å². The molecule has 192 valence electrons. The molecular formula is C29H33N5O3. The van der Waals surface area contributed by atoms with Crippen molar-refractivity contribution in [1.82, 2.24) is 25.2 Å². The molecule has 4 atom stereocenters. The minimum Gasteiger partial charge on any atom is -0.497 e. The largest absolute Gasteiger partial charge is 0.497 e. The molecule has 2 aromatic carbocycles. The van der Waals surface area contributed by atoms with E-state index in [1.807, 2.05) is 18.3 Å². The van der Waals surface area contributed by atoms with Gasteiger partial charge in [0.25, 0.3) is 0 Å². The Balaban J connectivity index is 1.40. The standard InChI is InChI=1S/C29H33N5O3/c1-36-21-7-5-6-18(12-21)25-13-20(31-11-10-19-16-30-17-32-19)14-26-28-23(15-27(34(25)26)29(35)37-2)22-8-3-4-9-24(22)33-28/h3-9,12,16-17,20,25-27,31,33H,10-11,13-15H2,1-2H3,(H,30,32)/t20-,25+,26-,27+/m1/s1. The predicted molar refractivity (Wildman–Crippen MR) is 141 cm³/mol. The maximum atomic E-state index is 13.3. The molecule has 2 aromatic heterocycles. The zero-order chi connectivity index (χ0) is 25.4. The highest BCUT2D eigenvalue weighted by Gasteiger charge is 2.48. The number of esters is 1. The van der Waals surface area contributed by atoms with Crippen LogP contribution in [0.4, 0.5) is 0 Å². The monoisotopic (exact) mass is 499 g/mol. The van der Waals surface area contributed by atoms with E-state index in [0.29, 0.717) is 6.42 Å².